The molecule has 0 spiro atoms. The van der Waals surface area contributed by atoms with Crippen molar-refractivity contribution in [3.8, 4) is 22.3 Å². The summed E-state index contributed by atoms with van der Waals surface area (Å²) in [6.45, 7) is 11.7. The maximum absolute atomic E-state index is 15.7. The second kappa shape index (κ2) is 24.4. The Morgan fingerprint density at radius 2 is 0.653 bits per heavy atom. The van der Waals surface area contributed by atoms with Gasteiger partial charge in [-0.15, -0.1) is 0 Å². The quantitative estimate of drug-likeness (QED) is 0.0581. The van der Waals surface area contributed by atoms with Gasteiger partial charge >= 0.3 is 95.2 Å². The van der Waals surface area contributed by atoms with Gasteiger partial charge in [-0.3, -0.25) is 9.59 Å². The number of allylic oxidation sites excluding steroid dienone is 4. The van der Waals surface area contributed by atoms with Crippen molar-refractivity contribution in [3.63, 3.8) is 0 Å². The molecular formula is C60H46F30N6O2. The Morgan fingerprint density at radius 1 is 0.378 bits per heavy atom. The summed E-state index contributed by atoms with van der Waals surface area (Å²) < 4.78 is 430. The molecule has 0 saturated heterocycles. The van der Waals surface area contributed by atoms with Crippen LogP contribution in [0.3, 0.4) is 0 Å². The van der Waals surface area contributed by atoms with Crippen LogP contribution in [0, 0.1) is 13.8 Å². The Labute approximate surface area is 531 Å². The number of carbonyl (C=O) groups is 2. The van der Waals surface area contributed by atoms with Crippen LogP contribution in [0.1, 0.15) is 99.4 Å². The number of nitrogens with one attached hydrogen (secondary N) is 4. The molecule has 4 N–H and O–H groups in total. The molecule has 38 heteroatoms. The van der Waals surface area contributed by atoms with Crippen molar-refractivity contribution in [2.24, 2.45) is 0 Å². The molecular weight excluding hydrogens is 1410 g/mol. The number of alkyl halides is 30. The normalized spacial score (nSPS) is 15.0. The predicted molar refractivity (Wildman–Crippen MR) is 294 cm³/mol. The monoisotopic (exact) mass is 1450 g/mol. The molecule has 3 aromatic heterocycles. The smallest absolute Gasteiger partial charge is 0.354 e. The van der Waals surface area contributed by atoms with Crippen molar-refractivity contribution < 1.29 is 141 Å². The first-order valence-electron chi connectivity index (χ1n) is 28.0. The number of H-pyrrole nitrogens is 2. The zero-order valence-corrected chi connectivity index (χ0v) is 50.7. The Hall–Kier alpha value is -8.12. The summed E-state index contributed by atoms with van der Waals surface area (Å²) in [4.78, 5) is 42.4. The second-order valence-electron chi connectivity index (χ2n) is 22.3. The van der Waals surface area contributed by atoms with Crippen LogP contribution in [0.4, 0.5) is 143 Å². The van der Waals surface area contributed by atoms with Crippen molar-refractivity contribution in [1.82, 2.24) is 19.9 Å². The number of rotatable bonds is 20. The summed E-state index contributed by atoms with van der Waals surface area (Å²) in [5.74, 6) is -108. The Morgan fingerprint density at radius 3 is 0.939 bits per heavy atom. The van der Waals surface area contributed by atoms with Crippen molar-refractivity contribution in [2.75, 3.05) is 10.6 Å². The van der Waals surface area contributed by atoms with Gasteiger partial charge in [-0.05, 0) is 122 Å². The first-order valence-corrected chi connectivity index (χ1v) is 28.0. The lowest BCUT2D eigenvalue weighted by atomic mass is 9.90. The SMILES string of the molecule is CCC1=C(C)c2nc1cc1[nH]c(c(C)c1CC)c(-c1ccccc1NC(=O)C(F)(F)C(F)(F)C(F)(F)C(F)(F)C(F)(F)C(F)(F)C(F)(F)F)c1[nH]c(cc3nc(c2-c2ccccc2NC(=O)C(F)(F)C(F)(F)C(F)(F)C(F)(F)C(F)(F)C(F)(F)C(F)(F)F)C(C)=C3CC)c(CC)c1C. The van der Waals surface area contributed by atoms with Gasteiger partial charge in [0.2, 0.25) is 0 Å². The minimum Gasteiger partial charge on any atom is -0.354 e. The number of aromatic nitrogens is 4. The fourth-order valence-electron chi connectivity index (χ4n) is 11.1. The molecule has 2 aliphatic rings. The molecule has 0 saturated carbocycles. The molecule has 2 amide bonds. The molecule has 7 rings (SSSR count). The number of aromatic amines is 2. The molecule has 8 bridgehead atoms. The van der Waals surface area contributed by atoms with E-state index in [1.807, 2.05) is 0 Å². The average molecular weight is 1450 g/mol. The molecule has 0 fully saturated rings. The van der Waals surface area contributed by atoms with Crippen LogP contribution in [-0.2, 0) is 22.4 Å². The van der Waals surface area contributed by atoms with E-state index >= 15 is 35.1 Å². The van der Waals surface area contributed by atoms with Crippen LogP contribution in [0.2, 0.25) is 0 Å². The first-order chi connectivity index (χ1) is 44.3. The maximum Gasteiger partial charge on any atom is 0.460 e. The highest BCUT2D eigenvalue weighted by molar-refractivity contribution is 6.09. The highest BCUT2D eigenvalue weighted by atomic mass is 19.4. The largest absolute Gasteiger partial charge is 0.460 e. The number of aryl methyl sites for hydroxylation is 4. The molecule has 8 nitrogen and oxygen atoms in total. The van der Waals surface area contributed by atoms with Gasteiger partial charge in [0.05, 0.1) is 33.8 Å². The van der Waals surface area contributed by atoms with Gasteiger partial charge in [-0.2, -0.15) is 132 Å². The van der Waals surface area contributed by atoms with E-state index < -0.39 is 118 Å². The van der Waals surface area contributed by atoms with E-state index in [1.165, 1.54) is 53.7 Å². The van der Waals surface area contributed by atoms with E-state index in [0.29, 0.717) is 12.1 Å². The zero-order valence-electron chi connectivity index (χ0n) is 50.7. The maximum atomic E-state index is 15.7. The Bertz CT molecular complexity index is 4140. The highest BCUT2D eigenvalue weighted by Gasteiger charge is 2.95. The van der Waals surface area contributed by atoms with E-state index in [2.05, 4.69) is 9.97 Å². The number of anilines is 2. The number of carbonyl (C=O) groups excluding carboxylic acids is 2. The number of hydrogen-bond acceptors (Lipinski definition) is 4. The first kappa shape index (κ1) is 77.2. The number of amides is 2. The van der Waals surface area contributed by atoms with E-state index in [9.17, 15) is 106 Å². The van der Waals surface area contributed by atoms with Crippen LogP contribution in [0.15, 0.2) is 60.7 Å². The van der Waals surface area contributed by atoms with Crippen LogP contribution in [0.25, 0.3) is 66.6 Å². The fraction of sp³-hybridized carbons (Fsp3) is 0.433. The summed E-state index contributed by atoms with van der Waals surface area (Å²) in [5, 5.41) is 2.23. The third-order valence-corrected chi connectivity index (χ3v) is 16.6. The molecule has 2 aliphatic heterocycles. The lowest BCUT2D eigenvalue weighted by Gasteiger charge is -2.41. The van der Waals surface area contributed by atoms with Gasteiger partial charge < -0.3 is 20.6 Å². The van der Waals surface area contributed by atoms with Gasteiger partial charge in [-0.1, -0.05) is 64.1 Å². The van der Waals surface area contributed by atoms with Gasteiger partial charge in [0.15, 0.2) is 0 Å². The zero-order chi connectivity index (χ0) is 75.0. The summed E-state index contributed by atoms with van der Waals surface area (Å²) in [6.07, 6.45) is -15.9. The molecule has 0 radical (unpaired) electrons. The molecule has 0 aliphatic carbocycles. The van der Waals surface area contributed by atoms with Crippen molar-refractivity contribution in [3.05, 3.63) is 106 Å². The summed E-state index contributed by atoms with van der Waals surface area (Å²) in [7, 11) is 0. The molecule has 0 unspecified atom stereocenters. The van der Waals surface area contributed by atoms with E-state index in [-0.39, 0.29) is 126 Å². The number of hydrogen-bond donors (Lipinski definition) is 4. The molecule has 98 heavy (non-hydrogen) atoms. The number of halogens is 30. The topological polar surface area (TPSA) is 116 Å². The van der Waals surface area contributed by atoms with Gasteiger partial charge in [0, 0.05) is 44.7 Å². The van der Waals surface area contributed by atoms with Gasteiger partial charge in [-0.25, -0.2) is 9.97 Å². The van der Waals surface area contributed by atoms with Gasteiger partial charge in [0.25, 0.3) is 0 Å². The summed E-state index contributed by atoms with van der Waals surface area (Å²) in [5.41, 5.74) is -3.52. The van der Waals surface area contributed by atoms with Gasteiger partial charge in [0.1, 0.15) is 0 Å². The average Bonchev–Trinajstić information content (AvgIpc) is 1.02. The van der Waals surface area contributed by atoms with E-state index in [1.54, 1.807) is 13.8 Å². The predicted octanol–water partition coefficient (Wildman–Crippen LogP) is 20.7. The van der Waals surface area contributed by atoms with Crippen LogP contribution in [0.5, 0.6) is 0 Å². The molecule has 538 valence electrons. The Kier molecular flexibility index (Phi) is 19.2. The van der Waals surface area contributed by atoms with Crippen LogP contribution >= 0.6 is 0 Å². The second-order valence-corrected chi connectivity index (χ2v) is 22.3. The van der Waals surface area contributed by atoms with Crippen LogP contribution in [-0.4, -0.2) is 115 Å². The molecule has 5 aromatic rings. The van der Waals surface area contributed by atoms with Crippen molar-refractivity contribution in [2.45, 2.75) is 164 Å². The van der Waals surface area contributed by atoms with E-state index in [4.69, 9.17) is 9.97 Å². The third-order valence-electron chi connectivity index (χ3n) is 16.6. The summed E-state index contributed by atoms with van der Waals surface area (Å²) >= 11 is 0. The number of nitrogens with zero attached hydrogens (tertiary/aromatic N) is 2. The molecule has 2 aromatic carbocycles. The lowest BCUT2D eigenvalue weighted by Crippen LogP contribution is -2.73. The number of para-hydroxylation sites is 2. The summed E-state index contributed by atoms with van der Waals surface area (Å²) in [6, 6.07) is 9.66. The minimum atomic E-state index is -8.73. The molecule has 5 heterocycles. The van der Waals surface area contributed by atoms with Crippen molar-refractivity contribution in [1.29, 1.82) is 0 Å². The minimum absolute atomic E-state index is 0.0239. The fourth-order valence-corrected chi connectivity index (χ4v) is 11.1. The van der Waals surface area contributed by atoms with Crippen molar-refractivity contribution >= 4 is 67.5 Å². The number of fused-ring (bicyclic) bond motifs is 8. The highest BCUT2D eigenvalue weighted by Crippen LogP contribution is 2.65. The third kappa shape index (κ3) is 11.0. The standard InChI is InChI=1S/C60H46F30N6O2/c1-9-27-23(5)41-39(31-17-13-15-19-33(31)95-45(97)47(61,62)49(65,66)51(69,70)53(73,74)55(77,78)57(81,82)59(85,86)87)42-25(7)29(11-3)37(93-42)22-38-30(12-4)26(8)44(94-38)40(43-24(6)28(10-2)36(92-43)21-35(27)91-41)32-18-14-16-20-34(32)96-46(98)48(63,64)50(67,68)52(71,72)54(75,76)56(79,80)58(83,84)60(88,89)90/h13-22,91,93H,9-12H2,1-8H3,(H,95,97)(H,96,98). The molecule has 0 atom stereocenters. The van der Waals surface area contributed by atoms with E-state index in [0.717, 1.165) is 47.0 Å². The van der Waals surface area contributed by atoms with Crippen LogP contribution < -0.4 is 10.6 Å². The lowest BCUT2D eigenvalue weighted by molar-refractivity contribution is -0.449. The number of benzene rings is 2. The Balaban J connectivity index is 1.52.